The monoisotopic (exact) mass is 637 g/mol. The Kier molecular flexibility index (Phi) is 9.48. The molecule has 0 unspecified atom stereocenters. The first-order valence-electron chi connectivity index (χ1n) is 12.2. The van der Waals surface area contributed by atoms with Crippen molar-refractivity contribution < 1.29 is 34.4 Å². The lowest BCUT2D eigenvalue weighted by Gasteiger charge is -2.12. The molecule has 0 fully saturated rings. The Morgan fingerprint density at radius 3 is 1.93 bits per heavy atom. The smallest absolute Gasteiger partial charge is 0.261 e. The van der Waals surface area contributed by atoms with Gasteiger partial charge in [-0.25, -0.2) is 22.4 Å². The van der Waals surface area contributed by atoms with Gasteiger partial charge in [-0.05, 0) is 44.5 Å². The second-order valence-corrected chi connectivity index (χ2v) is 14.8. The molecule has 226 valence electrons. The van der Waals surface area contributed by atoms with Gasteiger partial charge >= 0.3 is 0 Å². The molecule has 0 bridgehead atoms. The molecule has 0 saturated carbocycles. The van der Waals surface area contributed by atoms with Crippen LogP contribution in [-0.2, 0) is 30.3 Å². The van der Waals surface area contributed by atoms with Gasteiger partial charge in [-0.3, -0.25) is 13.5 Å². The van der Waals surface area contributed by atoms with E-state index in [0.717, 1.165) is 37.7 Å². The Morgan fingerprint density at radius 1 is 0.810 bits per heavy atom. The van der Waals surface area contributed by atoms with E-state index in [1.54, 1.807) is 19.9 Å². The van der Waals surface area contributed by atoms with Crippen molar-refractivity contribution in [2.45, 2.75) is 26.0 Å². The molecule has 0 atom stereocenters. The molecule has 0 amide bonds. The number of nitrogens with two attached hydrogens (primary N) is 1. The summed E-state index contributed by atoms with van der Waals surface area (Å²) in [5.74, 6) is -0.0388. The van der Waals surface area contributed by atoms with E-state index in [1.165, 1.54) is 0 Å². The molecule has 0 aliphatic rings. The Morgan fingerprint density at radius 2 is 1.38 bits per heavy atom. The summed E-state index contributed by atoms with van der Waals surface area (Å²) in [5.41, 5.74) is 12.4. The van der Waals surface area contributed by atoms with Crippen molar-refractivity contribution in [2.75, 3.05) is 18.2 Å². The van der Waals surface area contributed by atoms with Crippen LogP contribution in [0.1, 0.15) is 19.4 Å². The summed E-state index contributed by atoms with van der Waals surface area (Å²) in [6, 6.07) is 19.5. The van der Waals surface area contributed by atoms with E-state index < -0.39 is 35.5 Å². The molecule has 3 heterocycles. The van der Waals surface area contributed by atoms with Crippen molar-refractivity contribution in [3.05, 3.63) is 72.4 Å². The topological polar surface area (TPSA) is 204 Å². The summed E-state index contributed by atoms with van der Waals surface area (Å²) in [6.07, 6.45) is 3.40. The fraction of sp³-hybridized carbons (Fsp3) is 0.231. The van der Waals surface area contributed by atoms with E-state index in [4.69, 9.17) is 19.8 Å². The summed E-state index contributed by atoms with van der Waals surface area (Å²) in [7, 11) is -11.0. The van der Waals surface area contributed by atoms with Gasteiger partial charge in [0.25, 0.3) is 20.2 Å². The van der Waals surface area contributed by atoms with Crippen LogP contribution in [0.3, 0.4) is 0 Å². The quantitative estimate of drug-likeness (QED) is 0.243. The third-order valence-corrected chi connectivity index (χ3v) is 7.74. The van der Waals surface area contributed by atoms with Crippen LogP contribution in [-0.4, -0.2) is 70.5 Å². The first-order valence-corrected chi connectivity index (χ1v) is 17.4. The molecule has 4 N–H and O–H groups in total. The molecule has 5 rings (SSSR count). The van der Waals surface area contributed by atoms with Crippen molar-refractivity contribution in [2.24, 2.45) is 0 Å². The van der Waals surface area contributed by atoms with E-state index >= 15 is 0 Å². The normalized spacial score (nSPS) is 12.1. The lowest BCUT2D eigenvalue weighted by molar-refractivity contribution is 0.488. The van der Waals surface area contributed by atoms with E-state index in [9.17, 15) is 25.3 Å². The first-order chi connectivity index (χ1) is 19.3. The maximum Gasteiger partial charge on any atom is 0.261 e. The molecule has 3 aromatic heterocycles. The predicted molar refractivity (Wildman–Crippen MR) is 163 cm³/mol. The van der Waals surface area contributed by atoms with E-state index in [2.05, 4.69) is 4.98 Å². The molecule has 2 aromatic carbocycles. The van der Waals surface area contributed by atoms with Gasteiger partial charge in [-0.1, -0.05) is 42.5 Å². The number of hydrogen-bond acceptors (Lipinski definition) is 9. The third-order valence-electron chi connectivity index (χ3n) is 5.65. The maximum absolute atomic E-state index is 13.0. The van der Waals surface area contributed by atoms with E-state index in [0.29, 0.717) is 23.5 Å². The fourth-order valence-electron chi connectivity index (χ4n) is 3.98. The molecule has 5 aromatic rings. The van der Waals surface area contributed by atoms with Crippen LogP contribution in [0.4, 0.5) is 5.95 Å². The van der Waals surface area contributed by atoms with Crippen molar-refractivity contribution in [3.8, 4) is 22.5 Å². The highest BCUT2D eigenvalue weighted by Crippen LogP contribution is 2.35. The standard InChI is InChI=1S/C24H23N5O2S.2CH4O3S/c1-15(2)32(30,31)29-20-14-18(11-12-19(20)26-24(29)25)22-21(17-9-5-4-6-10-17)27-23-16(3)8-7-13-28(22)23;2*1-5(2,3)4/h4-15H,1-3H3,(H2,25,26);2*1H3,(H,2,3,4). The largest absolute Gasteiger partial charge is 0.368 e. The SMILES string of the molecule is CS(=O)(=O)O.CS(=O)(=O)O.Cc1cccn2c(-c3ccc4nc(N)n(S(=O)(=O)C(C)C)c4c3)c(-c3ccccc3)nc12. The molecule has 0 aliphatic heterocycles. The zero-order valence-electron chi connectivity index (χ0n) is 23.4. The summed E-state index contributed by atoms with van der Waals surface area (Å²) in [5, 5.41) is -0.635. The van der Waals surface area contributed by atoms with Gasteiger partial charge < -0.3 is 5.73 Å². The van der Waals surface area contributed by atoms with Crippen LogP contribution >= 0.6 is 0 Å². The molecular formula is C26H31N5O8S3. The Labute approximate surface area is 244 Å². The third kappa shape index (κ3) is 7.92. The lowest BCUT2D eigenvalue weighted by atomic mass is 10.0. The highest BCUT2D eigenvalue weighted by molar-refractivity contribution is 7.90. The van der Waals surface area contributed by atoms with Crippen LogP contribution in [0, 0.1) is 6.92 Å². The molecule has 0 aliphatic carbocycles. The van der Waals surface area contributed by atoms with Crippen LogP contribution in [0.25, 0.3) is 39.2 Å². The number of imidazole rings is 2. The summed E-state index contributed by atoms with van der Waals surface area (Å²) in [4.78, 5) is 9.22. The maximum atomic E-state index is 13.0. The van der Waals surface area contributed by atoms with Gasteiger partial charge in [0, 0.05) is 17.3 Å². The number of fused-ring (bicyclic) bond motifs is 2. The minimum atomic E-state index is -3.68. The molecular weight excluding hydrogens is 607 g/mol. The number of anilines is 1. The van der Waals surface area contributed by atoms with Gasteiger partial charge in [-0.2, -0.15) is 16.8 Å². The minimum Gasteiger partial charge on any atom is -0.368 e. The van der Waals surface area contributed by atoms with Crippen LogP contribution < -0.4 is 5.73 Å². The zero-order valence-corrected chi connectivity index (χ0v) is 25.8. The average Bonchev–Trinajstić information content (AvgIpc) is 3.40. The van der Waals surface area contributed by atoms with Gasteiger partial charge in [0.05, 0.1) is 40.2 Å². The highest BCUT2D eigenvalue weighted by Gasteiger charge is 2.25. The number of nitrogens with zero attached hydrogens (tertiary/aromatic N) is 4. The van der Waals surface area contributed by atoms with Crippen LogP contribution in [0.15, 0.2) is 66.9 Å². The molecule has 13 nitrogen and oxygen atoms in total. The number of rotatable bonds is 4. The van der Waals surface area contributed by atoms with E-state index in [1.807, 2.05) is 72.1 Å². The second kappa shape index (κ2) is 12.2. The van der Waals surface area contributed by atoms with Crippen molar-refractivity contribution >= 4 is 52.9 Å². The first kappa shape index (κ1) is 32.7. The van der Waals surface area contributed by atoms with Gasteiger partial charge in [0.15, 0.2) is 0 Å². The number of hydrogen-bond donors (Lipinski definition) is 3. The van der Waals surface area contributed by atoms with Gasteiger partial charge in [0.2, 0.25) is 16.0 Å². The highest BCUT2D eigenvalue weighted by atomic mass is 32.2. The molecule has 0 saturated heterocycles. The predicted octanol–water partition coefficient (Wildman–Crippen LogP) is 3.50. The Hall–Kier alpha value is -3.83. The second-order valence-electron chi connectivity index (χ2n) is 9.56. The van der Waals surface area contributed by atoms with Crippen LogP contribution in [0.5, 0.6) is 0 Å². The summed E-state index contributed by atoms with van der Waals surface area (Å²) in [6.45, 7) is 5.28. The summed E-state index contributed by atoms with van der Waals surface area (Å²) >= 11 is 0. The number of benzene rings is 2. The molecule has 42 heavy (non-hydrogen) atoms. The van der Waals surface area contributed by atoms with Gasteiger partial charge in [-0.15, -0.1) is 0 Å². The van der Waals surface area contributed by atoms with Gasteiger partial charge in [0.1, 0.15) is 5.65 Å². The van der Waals surface area contributed by atoms with Crippen molar-refractivity contribution in [3.63, 3.8) is 0 Å². The molecule has 16 heteroatoms. The Balaban J connectivity index is 0.000000420. The lowest BCUT2D eigenvalue weighted by Crippen LogP contribution is -2.23. The number of aryl methyl sites for hydroxylation is 1. The summed E-state index contributed by atoms with van der Waals surface area (Å²) < 4.78 is 80.9. The number of nitrogen functional groups attached to an aromatic ring is 1. The Bertz CT molecular complexity index is 2020. The molecule has 0 radical (unpaired) electrons. The number of aromatic nitrogens is 4. The number of pyridine rings is 1. The fourth-order valence-corrected chi connectivity index (χ4v) is 5.12. The van der Waals surface area contributed by atoms with Crippen LogP contribution in [0.2, 0.25) is 0 Å². The van der Waals surface area contributed by atoms with Crippen molar-refractivity contribution in [1.82, 2.24) is 18.3 Å². The minimum absolute atomic E-state index is 0.0388. The molecule has 0 spiro atoms. The average molecular weight is 638 g/mol. The van der Waals surface area contributed by atoms with E-state index in [-0.39, 0.29) is 5.95 Å². The van der Waals surface area contributed by atoms with Crippen molar-refractivity contribution in [1.29, 1.82) is 0 Å². The zero-order chi connectivity index (χ0) is 31.6.